The van der Waals surface area contributed by atoms with Crippen LogP contribution in [0, 0.1) is 12.3 Å². The molecular formula is C13H25N3O3S. The summed E-state index contributed by atoms with van der Waals surface area (Å²) in [6, 6.07) is 1.65. The van der Waals surface area contributed by atoms with Crippen molar-refractivity contribution in [3.63, 3.8) is 0 Å². The van der Waals surface area contributed by atoms with Crippen LogP contribution in [0.4, 0.5) is 0 Å². The molecule has 0 bridgehead atoms. The molecule has 0 fully saturated rings. The third-order valence-corrected chi connectivity index (χ3v) is 4.79. The van der Waals surface area contributed by atoms with Crippen LogP contribution in [0.5, 0.6) is 0 Å². The van der Waals surface area contributed by atoms with Crippen molar-refractivity contribution in [3.05, 3.63) is 17.5 Å². The van der Waals surface area contributed by atoms with E-state index in [1.165, 1.54) is 4.31 Å². The van der Waals surface area contributed by atoms with Gasteiger partial charge in [-0.05, 0) is 25.3 Å². The number of aromatic nitrogens is 1. The molecule has 0 spiro atoms. The maximum absolute atomic E-state index is 12.5. The van der Waals surface area contributed by atoms with Gasteiger partial charge in [0.15, 0.2) is 0 Å². The molecule has 7 heteroatoms. The summed E-state index contributed by atoms with van der Waals surface area (Å²) in [6.07, 6.45) is 0.762. The molecule has 1 rings (SSSR count). The Labute approximate surface area is 121 Å². The van der Waals surface area contributed by atoms with E-state index in [0.29, 0.717) is 31.1 Å². The van der Waals surface area contributed by atoms with Crippen LogP contribution in [0.15, 0.2) is 10.6 Å². The minimum absolute atomic E-state index is 0.134. The Morgan fingerprint density at radius 3 is 2.55 bits per heavy atom. The molecule has 2 N–H and O–H groups in total. The lowest BCUT2D eigenvalue weighted by Crippen LogP contribution is -2.42. The van der Waals surface area contributed by atoms with E-state index in [1.54, 1.807) is 13.0 Å². The lowest BCUT2D eigenvalue weighted by molar-refractivity contribution is 0.266. The fourth-order valence-electron chi connectivity index (χ4n) is 1.87. The lowest BCUT2D eigenvalue weighted by atomic mass is 9.94. The first kappa shape index (κ1) is 17.1. The van der Waals surface area contributed by atoms with Gasteiger partial charge in [-0.3, -0.25) is 0 Å². The normalized spacial score (nSPS) is 13.1. The van der Waals surface area contributed by atoms with Crippen molar-refractivity contribution in [3.8, 4) is 0 Å². The molecule has 1 heterocycles. The van der Waals surface area contributed by atoms with Crippen LogP contribution in [0.3, 0.4) is 0 Å². The van der Waals surface area contributed by atoms with Crippen LogP contribution in [-0.2, 0) is 15.8 Å². The molecule has 20 heavy (non-hydrogen) atoms. The molecule has 0 saturated carbocycles. The molecule has 1 aromatic heterocycles. The minimum atomic E-state index is -3.41. The van der Waals surface area contributed by atoms with Crippen LogP contribution < -0.4 is 5.73 Å². The van der Waals surface area contributed by atoms with Gasteiger partial charge in [-0.1, -0.05) is 25.9 Å². The van der Waals surface area contributed by atoms with Crippen molar-refractivity contribution >= 4 is 10.0 Å². The SMILES string of the molecule is CCCN(CC(C)(C)CN)S(=O)(=O)Cc1cc(C)on1. The highest BCUT2D eigenvalue weighted by atomic mass is 32.2. The van der Waals surface area contributed by atoms with Crippen LogP contribution >= 0.6 is 0 Å². The van der Waals surface area contributed by atoms with Crippen molar-refractivity contribution < 1.29 is 12.9 Å². The van der Waals surface area contributed by atoms with E-state index >= 15 is 0 Å². The van der Waals surface area contributed by atoms with Gasteiger partial charge in [-0.2, -0.15) is 0 Å². The zero-order chi connectivity index (χ0) is 15.4. The van der Waals surface area contributed by atoms with Gasteiger partial charge in [-0.25, -0.2) is 12.7 Å². The predicted octanol–water partition coefficient (Wildman–Crippen LogP) is 1.51. The Balaban J connectivity index is 2.88. The molecule has 0 saturated heterocycles. The second-order valence-corrected chi connectivity index (χ2v) is 7.86. The summed E-state index contributed by atoms with van der Waals surface area (Å²) < 4.78 is 31.4. The zero-order valence-corrected chi connectivity index (χ0v) is 13.5. The smallest absolute Gasteiger partial charge is 0.219 e. The van der Waals surface area contributed by atoms with Gasteiger partial charge < -0.3 is 10.3 Å². The highest BCUT2D eigenvalue weighted by Crippen LogP contribution is 2.20. The van der Waals surface area contributed by atoms with Crippen molar-refractivity contribution in [2.24, 2.45) is 11.1 Å². The average molecular weight is 303 g/mol. The maximum Gasteiger partial charge on any atom is 0.219 e. The van der Waals surface area contributed by atoms with E-state index in [-0.39, 0.29) is 11.2 Å². The molecule has 1 aromatic rings. The molecule has 0 aliphatic heterocycles. The Morgan fingerprint density at radius 2 is 2.10 bits per heavy atom. The van der Waals surface area contributed by atoms with Gasteiger partial charge in [0.25, 0.3) is 0 Å². The molecule has 0 radical (unpaired) electrons. The molecule has 0 atom stereocenters. The van der Waals surface area contributed by atoms with Gasteiger partial charge >= 0.3 is 0 Å². The quantitative estimate of drug-likeness (QED) is 0.786. The third-order valence-electron chi connectivity index (χ3n) is 3.03. The summed E-state index contributed by atoms with van der Waals surface area (Å²) in [4.78, 5) is 0. The van der Waals surface area contributed by atoms with E-state index in [2.05, 4.69) is 5.16 Å². The number of nitrogens with zero attached hydrogens (tertiary/aromatic N) is 2. The van der Waals surface area contributed by atoms with Crippen molar-refractivity contribution in [2.75, 3.05) is 19.6 Å². The molecular weight excluding hydrogens is 278 g/mol. The van der Waals surface area contributed by atoms with E-state index in [1.807, 2.05) is 20.8 Å². The number of nitrogens with two attached hydrogens (primary N) is 1. The number of rotatable bonds is 8. The molecule has 0 amide bonds. The van der Waals surface area contributed by atoms with E-state index in [4.69, 9.17) is 10.3 Å². The Kier molecular flexibility index (Phi) is 5.73. The average Bonchev–Trinajstić information content (AvgIpc) is 2.73. The van der Waals surface area contributed by atoms with Gasteiger partial charge in [0.05, 0.1) is 0 Å². The molecule has 116 valence electrons. The number of sulfonamides is 1. The number of hydrogen-bond donors (Lipinski definition) is 1. The first-order valence-corrected chi connectivity index (χ1v) is 8.41. The summed E-state index contributed by atoms with van der Waals surface area (Å²) >= 11 is 0. The van der Waals surface area contributed by atoms with Crippen molar-refractivity contribution in [1.29, 1.82) is 0 Å². The van der Waals surface area contributed by atoms with Crippen LogP contribution in [0.25, 0.3) is 0 Å². The highest BCUT2D eigenvalue weighted by molar-refractivity contribution is 7.88. The minimum Gasteiger partial charge on any atom is -0.361 e. The van der Waals surface area contributed by atoms with E-state index < -0.39 is 10.0 Å². The first-order valence-electron chi connectivity index (χ1n) is 6.80. The molecule has 6 nitrogen and oxygen atoms in total. The summed E-state index contributed by atoms with van der Waals surface area (Å²) in [5.41, 5.74) is 5.89. The largest absolute Gasteiger partial charge is 0.361 e. The highest BCUT2D eigenvalue weighted by Gasteiger charge is 2.29. The lowest BCUT2D eigenvalue weighted by Gasteiger charge is -2.30. The first-order chi connectivity index (χ1) is 9.20. The van der Waals surface area contributed by atoms with Crippen LogP contribution in [-0.4, -0.2) is 37.5 Å². The van der Waals surface area contributed by atoms with Gasteiger partial charge in [-0.15, -0.1) is 0 Å². The van der Waals surface area contributed by atoms with Gasteiger partial charge in [0.2, 0.25) is 10.0 Å². The summed E-state index contributed by atoms with van der Waals surface area (Å²) in [5, 5.41) is 3.75. The zero-order valence-electron chi connectivity index (χ0n) is 12.7. The number of aryl methyl sites for hydroxylation is 1. The monoisotopic (exact) mass is 303 g/mol. The van der Waals surface area contributed by atoms with E-state index in [0.717, 1.165) is 6.42 Å². The van der Waals surface area contributed by atoms with Gasteiger partial charge in [0, 0.05) is 19.2 Å². The second kappa shape index (κ2) is 6.69. The molecule has 0 unspecified atom stereocenters. The Bertz CT molecular complexity index is 523. The Hall–Kier alpha value is -0.920. The fraction of sp³-hybridized carbons (Fsp3) is 0.769. The van der Waals surface area contributed by atoms with Gasteiger partial charge in [0.1, 0.15) is 17.2 Å². The molecule has 0 aliphatic carbocycles. The summed E-state index contributed by atoms with van der Waals surface area (Å²) in [5.74, 6) is 0.477. The van der Waals surface area contributed by atoms with Crippen molar-refractivity contribution in [1.82, 2.24) is 9.46 Å². The van der Waals surface area contributed by atoms with E-state index in [9.17, 15) is 8.42 Å². The van der Waals surface area contributed by atoms with Crippen molar-refractivity contribution in [2.45, 2.75) is 39.9 Å². The molecule has 0 aliphatic rings. The Morgan fingerprint density at radius 1 is 1.45 bits per heavy atom. The fourth-order valence-corrected chi connectivity index (χ4v) is 3.57. The summed E-state index contributed by atoms with van der Waals surface area (Å²) in [7, 11) is -3.41. The maximum atomic E-state index is 12.5. The predicted molar refractivity (Wildman–Crippen MR) is 78.6 cm³/mol. The van der Waals surface area contributed by atoms with Crippen LogP contribution in [0.1, 0.15) is 38.6 Å². The summed E-state index contributed by atoms with van der Waals surface area (Å²) in [6.45, 7) is 8.96. The second-order valence-electron chi connectivity index (χ2n) is 5.89. The number of hydrogen-bond acceptors (Lipinski definition) is 5. The topological polar surface area (TPSA) is 89.4 Å². The van der Waals surface area contributed by atoms with Crippen LogP contribution in [0.2, 0.25) is 0 Å². The third kappa shape index (κ3) is 4.88. The standard InChI is InChI=1S/C13H25N3O3S/c1-5-6-16(10-13(3,4)9-14)20(17,18)8-12-7-11(2)19-15-12/h7H,5-6,8-10,14H2,1-4H3. The molecule has 0 aromatic carbocycles.